The Morgan fingerprint density at radius 1 is 1.05 bits per heavy atom. The number of carboxylic acids is 1. The van der Waals surface area contributed by atoms with Crippen molar-refractivity contribution in [1.82, 2.24) is 0 Å². The number of anilines is 1. The summed E-state index contributed by atoms with van der Waals surface area (Å²) in [4.78, 5) is 10.9. The summed E-state index contributed by atoms with van der Waals surface area (Å²) in [6, 6.07) is 7.80. The van der Waals surface area contributed by atoms with Crippen LogP contribution in [0.25, 0.3) is 0 Å². The molecule has 0 amide bonds. The molecule has 106 valence electrons. The van der Waals surface area contributed by atoms with Crippen molar-refractivity contribution in [1.29, 1.82) is 0 Å². The minimum atomic E-state index is -0.856. The average molecular weight is 271 g/mol. The number of hydrogen-bond donors (Lipinski definition) is 2. The lowest BCUT2D eigenvalue weighted by Crippen LogP contribution is -2.33. The third-order valence-corrected chi connectivity index (χ3v) is 5.91. The van der Waals surface area contributed by atoms with Crippen LogP contribution in [0.1, 0.15) is 42.5 Å². The molecule has 0 aliphatic heterocycles. The lowest BCUT2D eigenvalue weighted by molar-refractivity contribution is 0.0697. The predicted octanol–water partition coefficient (Wildman–Crippen LogP) is 3.62. The van der Waals surface area contributed by atoms with Gasteiger partial charge in [0.05, 0.1) is 5.56 Å². The van der Waals surface area contributed by atoms with Crippen molar-refractivity contribution in [3.8, 4) is 0 Å². The minimum Gasteiger partial charge on any atom is -0.478 e. The molecule has 1 aromatic carbocycles. The Morgan fingerprint density at radius 2 is 1.80 bits per heavy atom. The summed E-state index contributed by atoms with van der Waals surface area (Å²) in [6.45, 7) is 0. The molecule has 3 fully saturated rings. The summed E-state index contributed by atoms with van der Waals surface area (Å²) in [5.41, 5.74) is 1.43. The summed E-state index contributed by atoms with van der Waals surface area (Å²) in [5.74, 6) is 2.93. The number of aromatic carboxylic acids is 1. The molecule has 0 heterocycles. The summed E-state index contributed by atoms with van der Waals surface area (Å²) < 4.78 is 0. The summed E-state index contributed by atoms with van der Waals surface area (Å²) in [5, 5.41) is 12.6. The zero-order chi connectivity index (χ0) is 13.7. The Morgan fingerprint density at radius 3 is 2.55 bits per heavy atom. The van der Waals surface area contributed by atoms with Crippen LogP contribution in [0.3, 0.4) is 0 Å². The van der Waals surface area contributed by atoms with Gasteiger partial charge in [0.1, 0.15) is 0 Å². The van der Waals surface area contributed by atoms with Gasteiger partial charge in [-0.1, -0.05) is 6.42 Å². The molecular weight excluding hydrogens is 250 g/mol. The van der Waals surface area contributed by atoms with E-state index in [9.17, 15) is 4.79 Å². The van der Waals surface area contributed by atoms with Crippen molar-refractivity contribution in [3.05, 3.63) is 29.8 Å². The molecule has 4 rings (SSSR count). The molecule has 2 N–H and O–H groups in total. The van der Waals surface area contributed by atoms with Gasteiger partial charge in [-0.15, -0.1) is 0 Å². The molecule has 20 heavy (non-hydrogen) atoms. The number of carboxylic acid groups (broad SMARTS) is 1. The number of rotatable bonds is 3. The molecular formula is C17H21NO2. The maximum atomic E-state index is 10.9. The van der Waals surface area contributed by atoms with Crippen LogP contribution in [0.4, 0.5) is 5.69 Å². The van der Waals surface area contributed by atoms with E-state index < -0.39 is 5.97 Å². The lowest BCUT2D eigenvalue weighted by Gasteiger charge is -2.32. The van der Waals surface area contributed by atoms with E-state index in [1.807, 2.05) is 12.1 Å². The first-order valence-electron chi connectivity index (χ1n) is 7.82. The lowest BCUT2D eigenvalue weighted by atomic mass is 9.79. The van der Waals surface area contributed by atoms with Gasteiger partial charge in [-0.25, -0.2) is 4.79 Å². The van der Waals surface area contributed by atoms with E-state index in [0.717, 1.165) is 29.4 Å². The Labute approximate surface area is 119 Å². The highest BCUT2D eigenvalue weighted by Gasteiger charge is 2.53. The van der Waals surface area contributed by atoms with E-state index in [4.69, 9.17) is 5.11 Å². The molecule has 0 spiro atoms. The molecule has 2 bridgehead atoms. The molecule has 0 saturated heterocycles. The van der Waals surface area contributed by atoms with Crippen molar-refractivity contribution in [3.63, 3.8) is 0 Å². The Bertz CT molecular complexity index is 524. The van der Waals surface area contributed by atoms with Crippen molar-refractivity contribution in [2.75, 3.05) is 5.32 Å². The quantitative estimate of drug-likeness (QED) is 0.882. The van der Waals surface area contributed by atoms with Crippen LogP contribution in [-0.4, -0.2) is 17.1 Å². The van der Waals surface area contributed by atoms with Crippen LogP contribution in [0.2, 0.25) is 0 Å². The van der Waals surface area contributed by atoms with Gasteiger partial charge < -0.3 is 10.4 Å². The highest BCUT2D eigenvalue weighted by atomic mass is 16.4. The predicted molar refractivity (Wildman–Crippen MR) is 77.9 cm³/mol. The second kappa shape index (κ2) is 4.51. The maximum Gasteiger partial charge on any atom is 0.335 e. The highest BCUT2D eigenvalue weighted by molar-refractivity contribution is 5.88. The molecule has 3 saturated carbocycles. The van der Waals surface area contributed by atoms with Gasteiger partial charge in [-0.3, -0.25) is 0 Å². The minimum absolute atomic E-state index is 0.361. The number of hydrogen-bond acceptors (Lipinski definition) is 2. The van der Waals surface area contributed by atoms with Crippen molar-refractivity contribution < 1.29 is 9.90 Å². The van der Waals surface area contributed by atoms with Gasteiger partial charge in [0.2, 0.25) is 0 Å². The fourth-order valence-corrected chi connectivity index (χ4v) is 5.16. The van der Waals surface area contributed by atoms with Crippen LogP contribution >= 0.6 is 0 Å². The molecule has 0 aromatic heterocycles. The number of carbonyl (C=O) groups is 1. The van der Waals surface area contributed by atoms with Gasteiger partial charge in [-0.05, 0) is 73.6 Å². The Balaban J connectivity index is 1.46. The van der Waals surface area contributed by atoms with Gasteiger partial charge in [0.15, 0.2) is 0 Å². The summed E-state index contributed by atoms with van der Waals surface area (Å²) >= 11 is 0. The third-order valence-electron chi connectivity index (χ3n) is 5.91. The first-order chi connectivity index (χ1) is 9.72. The third kappa shape index (κ3) is 1.83. The standard InChI is InChI=1S/C17H21NO2/c19-17(20)10-4-6-12(7-5-10)18-16-9-11-8-15(16)14-3-1-2-13(11)14/h4-7,11,13-16,18H,1-3,8-9H2,(H,19,20). The van der Waals surface area contributed by atoms with Crippen molar-refractivity contribution >= 4 is 11.7 Å². The van der Waals surface area contributed by atoms with E-state index in [0.29, 0.717) is 11.6 Å². The normalized spacial score (nSPS) is 37.9. The van der Waals surface area contributed by atoms with Crippen LogP contribution in [0.15, 0.2) is 24.3 Å². The SMILES string of the molecule is O=C(O)c1ccc(NC2CC3CC2C2CCCC32)cc1. The van der Waals surface area contributed by atoms with Crippen LogP contribution in [-0.2, 0) is 0 Å². The van der Waals surface area contributed by atoms with Gasteiger partial charge in [0.25, 0.3) is 0 Å². The summed E-state index contributed by atoms with van der Waals surface area (Å²) in [7, 11) is 0. The average Bonchev–Trinajstić information content (AvgIpc) is 3.11. The van der Waals surface area contributed by atoms with Gasteiger partial charge in [-0.2, -0.15) is 0 Å². The van der Waals surface area contributed by atoms with Crippen LogP contribution < -0.4 is 5.32 Å². The fourth-order valence-electron chi connectivity index (χ4n) is 5.16. The van der Waals surface area contributed by atoms with Crippen LogP contribution in [0.5, 0.6) is 0 Å². The molecule has 3 heteroatoms. The zero-order valence-electron chi connectivity index (χ0n) is 11.6. The van der Waals surface area contributed by atoms with E-state index in [-0.39, 0.29) is 0 Å². The second-order valence-electron chi connectivity index (χ2n) is 6.79. The Kier molecular flexibility index (Phi) is 2.76. The van der Waals surface area contributed by atoms with E-state index in [2.05, 4.69) is 5.32 Å². The smallest absolute Gasteiger partial charge is 0.335 e. The monoisotopic (exact) mass is 271 g/mol. The topological polar surface area (TPSA) is 49.3 Å². The number of fused-ring (bicyclic) bond motifs is 5. The van der Waals surface area contributed by atoms with Crippen LogP contribution in [0, 0.1) is 23.7 Å². The molecule has 0 radical (unpaired) electrons. The molecule has 3 nitrogen and oxygen atoms in total. The van der Waals surface area contributed by atoms with E-state index in [1.54, 1.807) is 12.1 Å². The molecule has 5 atom stereocenters. The Hall–Kier alpha value is -1.51. The molecule has 3 aliphatic rings. The molecule has 3 aliphatic carbocycles. The van der Waals surface area contributed by atoms with Crippen molar-refractivity contribution in [2.45, 2.75) is 38.1 Å². The van der Waals surface area contributed by atoms with Gasteiger partial charge >= 0.3 is 5.97 Å². The largest absolute Gasteiger partial charge is 0.478 e. The number of benzene rings is 1. The van der Waals surface area contributed by atoms with E-state index in [1.165, 1.54) is 32.1 Å². The number of nitrogens with one attached hydrogen (secondary N) is 1. The maximum absolute atomic E-state index is 10.9. The molecule has 5 unspecified atom stereocenters. The highest BCUT2D eigenvalue weighted by Crippen LogP contribution is 2.59. The summed E-state index contributed by atoms with van der Waals surface area (Å²) in [6.07, 6.45) is 7.06. The second-order valence-corrected chi connectivity index (χ2v) is 6.79. The first-order valence-corrected chi connectivity index (χ1v) is 7.82. The molecule has 1 aromatic rings. The fraction of sp³-hybridized carbons (Fsp3) is 0.588. The van der Waals surface area contributed by atoms with Crippen molar-refractivity contribution in [2.24, 2.45) is 23.7 Å². The van der Waals surface area contributed by atoms with E-state index >= 15 is 0 Å². The first kappa shape index (κ1) is 12.2. The van der Waals surface area contributed by atoms with Gasteiger partial charge in [0, 0.05) is 11.7 Å². The zero-order valence-corrected chi connectivity index (χ0v) is 11.6.